The first kappa shape index (κ1) is 11.8. The number of aromatic nitrogens is 5. The first-order valence-corrected chi connectivity index (χ1v) is 5.65. The summed E-state index contributed by atoms with van der Waals surface area (Å²) in [5, 5.41) is 10.3. The van der Waals surface area contributed by atoms with E-state index in [4.69, 9.17) is 4.52 Å². The molecule has 92 valence electrons. The molecule has 1 N–H and O–H groups in total. The fourth-order valence-electron chi connectivity index (χ4n) is 1.32. The van der Waals surface area contributed by atoms with E-state index >= 15 is 0 Å². The van der Waals surface area contributed by atoms with Crippen LogP contribution in [0.25, 0.3) is 11.6 Å². The van der Waals surface area contributed by atoms with Crippen LogP contribution in [0.1, 0.15) is 33.6 Å². The number of rotatable bonds is 3. The molecule has 0 aliphatic rings. The Morgan fingerprint density at radius 1 is 1.41 bits per heavy atom. The molecule has 1 unspecified atom stereocenters. The highest BCUT2D eigenvalue weighted by Crippen LogP contribution is 2.28. The summed E-state index contributed by atoms with van der Waals surface area (Å²) in [7, 11) is 0. The van der Waals surface area contributed by atoms with Crippen LogP contribution in [0.15, 0.2) is 10.9 Å². The second kappa shape index (κ2) is 4.27. The third-order valence-electron chi connectivity index (χ3n) is 3.05. The molecule has 0 fully saturated rings. The molecule has 0 aliphatic heterocycles. The summed E-state index contributed by atoms with van der Waals surface area (Å²) >= 11 is 0. The van der Waals surface area contributed by atoms with Gasteiger partial charge in [-0.3, -0.25) is 5.10 Å². The first-order valence-electron chi connectivity index (χ1n) is 5.65. The summed E-state index contributed by atoms with van der Waals surface area (Å²) in [4.78, 5) is 8.27. The van der Waals surface area contributed by atoms with Crippen molar-refractivity contribution < 1.29 is 4.52 Å². The SMILES string of the molecule is CC(Cc1nc(-c2ncn[nH]2)no1)C(C)(C)C. The van der Waals surface area contributed by atoms with Gasteiger partial charge in [0.15, 0.2) is 5.82 Å². The van der Waals surface area contributed by atoms with Crippen LogP contribution in [0.4, 0.5) is 0 Å². The molecule has 0 aliphatic carbocycles. The van der Waals surface area contributed by atoms with Crippen molar-refractivity contribution in [2.75, 3.05) is 0 Å². The van der Waals surface area contributed by atoms with Gasteiger partial charge in [-0.05, 0) is 11.3 Å². The largest absolute Gasteiger partial charge is 0.339 e. The Kier molecular flexibility index (Phi) is 2.95. The predicted octanol–water partition coefficient (Wildman–Crippen LogP) is 2.08. The molecule has 2 rings (SSSR count). The second-order valence-electron chi connectivity index (χ2n) is 5.32. The van der Waals surface area contributed by atoms with E-state index in [1.54, 1.807) is 0 Å². The molecule has 17 heavy (non-hydrogen) atoms. The summed E-state index contributed by atoms with van der Waals surface area (Å²) in [6, 6.07) is 0. The zero-order valence-corrected chi connectivity index (χ0v) is 10.6. The molecule has 0 aromatic carbocycles. The zero-order valence-electron chi connectivity index (χ0n) is 10.6. The van der Waals surface area contributed by atoms with E-state index in [0.29, 0.717) is 23.5 Å². The fourth-order valence-corrected chi connectivity index (χ4v) is 1.32. The van der Waals surface area contributed by atoms with Crippen LogP contribution in [-0.4, -0.2) is 25.3 Å². The number of hydrogen-bond acceptors (Lipinski definition) is 5. The molecule has 0 bridgehead atoms. The van der Waals surface area contributed by atoms with Gasteiger partial charge in [-0.2, -0.15) is 10.1 Å². The normalized spacial score (nSPS) is 13.9. The lowest BCUT2D eigenvalue weighted by atomic mass is 9.80. The quantitative estimate of drug-likeness (QED) is 0.880. The first-order chi connectivity index (χ1) is 7.97. The molecule has 2 aromatic heterocycles. The van der Waals surface area contributed by atoms with Crippen molar-refractivity contribution in [3.63, 3.8) is 0 Å². The zero-order chi connectivity index (χ0) is 12.5. The predicted molar refractivity (Wildman–Crippen MR) is 62.0 cm³/mol. The minimum Gasteiger partial charge on any atom is -0.339 e. The Balaban J connectivity index is 2.09. The van der Waals surface area contributed by atoms with Crippen LogP contribution < -0.4 is 0 Å². The number of nitrogens with zero attached hydrogens (tertiary/aromatic N) is 4. The minimum absolute atomic E-state index is 0.223. The van der Waals surface area contributed by atoms with Crippen molar-refractivity contribution >= 4 is 0 Å². The highest BCUT2D eigenvalue weighted by Gasteiger charge is 2.23. The van der Waals surface area contributed by atoms with Gasteiger partial charge in [0.2, 0.25) is 11.7 Å². The molecule has 0 saturated heterocycles. The van der Waals surface area contributed by atoms with E-state index in [1.807, 2.05) is 0 Å². The van der Waals surface area contributed by atoms with Gasteiger partial charge in [0.25, 0.3) is 0 Å². The average molecular weight is 235 g/mol. The highest BCUT2D eigenvalue weighted by atomic mass is 16.5. The molecule has 6 nitrogen and oxygen atoms in total. The highest BCUT2D eigenvalue weighted by molar-refractivity contribution is 5.39. The standard InChI is InChI=1S/C11H17N5O/c1-7(11(2,3)4)5-8-14-10(16-17-8)9-12-6-13-15-9/h6-7H,5H2,1-4H3,(H,12,13,15). The van der Waals surface area contributed by atoms with Crippen molar-refractivity contribution in [2.24, 2.45) is 11.3 Å². The van der Waals surface area contributed by atoms with Crippen LogP contribution in [0, 0.1) is 11.3 Å². The van der Waals surface area contributed by atoms with Crippen LogP contribution in [0.5, 0.6) is 0 Å². The lowest BCUT2D eigenvalue weighted by Crippen LogP contribution is -2.19. The Bertz CT molecular complexity index is 468. The van der Waals surface area contributed by atoms with Crippen LogP contribution >= 0.6 is 0 Å². The van der Waals surface area contributed by atoms with E-state index in [2.05, 4.69) is 53.0 Å². The summed E-state index contributed by atoms with van der Waals surface area (Å²) in [6.07, 6.45) is 2.19. The third-order valence-corrected chi connectivity index (χ3v) is 3.05. The Morgan fingerprint density at radius 2 is 2.18 bits per heavy atom. The van der Waals surface area contributed by atoms with E-state index in [-0.39, 0.29) is 5.41 Å². The van der Waals surface area contributed by atoms with Crippen LogP contribution in [-0.2, 0) is 6.42 Å². The molecular formula is C11H17N5O. The lowest BCUT2D eigenvalue weighted by Gasteiger charge is -2.25. The lowest BCUT2D eigenvalue weighted by molar-refractivity contribution is 0.236. The number of aromatic amines is 1. The van der Waals surface area contributed by atoms with Gasteiger partial charge in [-0.1, -0.05) is 32.9 Å². The Morgan fingerprint density at radius 3 is 2.76 bits per heavy atom. The summed E-state index contributed by atoms with van der Waals surface area (Å²) in [6.45, 7) is 8.78. The topological polar surface area (TPSA) is 80.5 Å². The maximum Gasteiger partial charge on any atom is 0.239 e. The van der Waals surface area contributed by atoms with Gasteiger partial charge in [0.1, 0.15) is 6.33 Å². The molecule has 0 amide bonds. The Hall–Kier alpha value is -1.72. The van der Waals surface area contributed by atoms with Gasteiger partial charge in [-0.15, -0.1) is 0 Å². The van der Waals surface area contributed by atoms with Crippen LogP contribution in [0.3, 0.4) is 0 Å². The Labute approximate surface area is 99.8 Å². The summed E-state index contributed by atoms with van der Waals surface area (Å²) in [5.41, 5.74) is 0.223. The third kappa shape index (κ3) is 2.69. The van der Waals surface area contributed by atoms with Crippen molar-refractivity contribution in [1.29, 1.82) is 0 Å². The van der Waals surface area contributed by atoms with E-state index in [1.165, 1.54) is 6.33 Å². The van der Waals surface area contributed by atoms with E-state index < -0.39 is 0 Å². The molecule has 2 aromatic rings. The van der Waals surface area contributed by atoms with E-state index in [9.17, 15) is 0 Å². The van der Waals surface area contributed by atoms with Crippen molar-refractivity contribution in [1.82, 2.24) is 25.3 Å². The fraction of sp³-hybridized carbons (Fsp3) is 0.636. The molecule has 2 heterocycles. The van der Waals surface area contributed by atoms with Gasteiger partial charge >= 0.3 is 0 Å². The number of hydrogen-bond donors (Lipinski definition) is 1. The van der Waals surface area contributed by atoms with Gasteiger partial charge in [0.05, 0.1) is 0 Å². The molecule has 0 spiro atoms. The van der Waals surface area contributed by atoms with Gasteiger partial charge in [-0.25, -0.2) is 4.98 Å². The monoisotopic (exact) mass is 235 g/mol. The number of H-pyrrole nitrogens is 1. The minimum atomic E-state index is 0.223. The molecule has 0 saturated carbocycles. The van der Waals surface area contributed by atoms with Crippen molar-refractivity contribution in [3.05, 3.63) is 12.2 Å². The maximum absolute atomic E-state index is 5.21. The summed E-state index contributed by atoms with van der Waals surface area (Å²) < 4.78 is 5.21. The van der Waals surface area contributed by atoms with Gasteiger partial charge < -0.3 is 4.52 Å². The molecule has 0 radical (unpaired) electrons. The van der Waals surface area contributed by atoms with Crippen molar-refractivity contribution in [2.45, 2.75) is 34.1 Å². The van der Waals surface area contributed by atoms with Gasteiger partial charge in [0, 0.05) is 6.42 Å². The smallest absolute Gasteiger partial charge is 0.239 e. The van der Waals surface area contributed by atoms with E-state index in [0.717, 1.165) is 6.42 Å². The summed E-state index contributed by atoms with van der Waals surface area (Å²) in [5.74, 6) is 2.09. The molecule has 1 atom stereocenters. The van der Waals surface area contributed by atoms with Crippen LogP contribution in [0.2, 0.25) is 0 Å². The van der Waals surface area contributed by atoms with Crippen molar-refractivity contribution in [3.8, 4) is 11.6 Å². The molecular weight excluding hydrogens is 218 g/mol. The number of nitrogens with one attached hydrogen (secondary N) is 1. The molecule has 6 heteroatoms. The average Bonchev–Trinajstić information content (AvgIpc) is 2.83. The second-order valence-corrected chi connectivity index (χ2v) is 5.32. The maximum atomic E-state index is 5.21.